The number of nitrogens with zero attached hydrogens (tertiary/aromatic N) is 2. The number of anilines is 1. The number of hydrogen-bond donors (Lipinski definition) is 0. The van der Waals surface area contributed by atoms with Gasteiger partial charge in [-0.25, -0.2) is 0 Å². The lowest BCUT2D eigenvalue weighted by Crippen LogP contribution is -2.33. The molecular formula is C13H20N2OS. The Morgan fingerprint density at radius 2 is 2.24 bits per heavy atom. The number of pyridine rings is 1. The quantitative estimate of drug-likeness (QED) is 0.729. The standard InChI is InChI=1S/C13H20N2OS/c1-5-11(9-17-4)15(3)12-6-7-13(10(2)16)14-8-12/h6-8,11H,5,9H2,1-4H3. The molecule has 0 aliphatic rings. The van der Waals surface area contributed by atoms with Crippen molar-refractivity contribution in [1.82, 2.24) is 4.98 Å². The maximum absolute atomic E-state index is 11.1. The lowest BCUT2D eigenvalue weighted by molar-refractivity contribution is 0.101. The molecule has 17 heavy (non-hydrogen) atoms. The van der Waals surface area contributed by atoms with Crippen LogP contribution in [0, 0.1) is 0 Å². The van der Waals surface area contributed by atoms with Crippen molar-refractivity contribution in [2.24, 2.45) is 0 Å². The molecule has 4 heteroatoms. The van der Waals surface area contributed by atoms with Gasteiger partial charge >= 0.3 is 0 Å². The summed E-state index contributed by atoms with van der Waals surface area (Å²) in [6.07, 6.45) is 5.00. The van der Waals surface area contributed by atoms with E-state index in [1.807, 2.05) is 17.8 Å². The molecule has 0 saturated carbocycles. The predicted molar refractivity (Wildman–Crippen MR) is 75.1 cm³/mol. The number of hydrogen-bond acceptors (Lipinski definition) is 4. The third-order valence-corrected chi connectivity index (χ3v) is 3.61. The van der Waals surface area contributed by atoms with Gasteiger partial charge in [0.05, 0.1) is 11.9 Å². The summed E-state index contributed by atoms with van der Waals surface area (Å²) in [6, 6.07) is 4.27. The number of Topliss-reactive ketones (excluding diaryl/α,β-unsaturated/α-hetero) is 1. The van der Waals surface area contributed by atoms with Crippen LogP contribution in [0.3, 0.4) is 0 Å². The second-order valence-electron chi connectivity index (χ2n) is 4.09. The van der Waals surface area contributed by atoms with E-state index in [2.05, 4.69) is 30.1 Å². The zero-order chi connectivity index (χ0) is 12.8. The van der Waals surface area contributed by atoms with Crippen molar-refractivity contribution < 1.29 is 4.79 Å². The average Bonchev–Trinajstić information content (AvgIpc) is 2.35. The molecule has 1 aromatic rings. The molecule has 0 N–H and O–H groups in total. The highest BCUT2D eigenvalue weighted by Gasteiger charge is 2.13. The van der Waals surface area contributed by atoms with Crippen LogP contribution in [0.25, 0.3) is 0 Å². The van der Waals surface area contributed by atoms with Crippen LogP contribution in [0.5, 0.6) is 0 Å². The molecule has 0 aliphatic carbocycles. The van der Waals surface area contributed by atoms with Crippen LogP contribution in [0.2, 0.25) is 0 Å². The van der Waals surface area contributed by atoms with E-state index in [4.69, 9.17) is 0 Å². The van der Waals surface area contributed by atoms with E-state index in [-0.39, 0.29) is 5.78 Å². The minimum atomic E-state index is 0.00959. The Labute approximate surface area is 108 Å². The minimum absolute atomic E-state index is 0.00959. The number of aromatic nitrogens is 1. The Kier molecular flexibility index (Phi) is 5.48. The normalized spacial score (nSPS) is 12.2. The Balaban J connectivity index is 2.81. The molecule has 94 valence electrons. The van der Waals surface area contributed by atoms with Crippen LogP contribution in [-0.2, 0) is 0 Å². The second kappa shape index (κ2) is 6.64. The van der Waals surface area contributed by atoms with Crippen molar-refractivity contribution in [2.45, 2.75) is 26.3 Å². The second-order valence-corrected chi connectivity index (χ2v) is 5.00. The van der Waals surface area contributed by atoms with Crippen molar-refractivity contribution in [3.05, 3.63) is 24.0 Å². The van der Waals surface area contributed by atoms with E-state index in [0.29, 0.717) is 11.7 Å². The summed E-state index contributed by atoms with van der Waals surface area (Å²) in [7, 11) is 2.08. The molecule has 1 heterocycles. The molecule has 0 radical (unpaired) electrons. The van der Waals surface area contributed by atoms with E-state index < -0.39 is 0 Å². The number of thioether (sulfide) groups is 1. The van der Waals surface area contributed by atoms with E-state index >= 15 is 0 Å². The molecule has 0 aliphatic heterocycles. The van der Waals surface area contributed by atoms with Gasteiger partial charge in [0, 0.05) is 25.8 Å². The van der Waals surface area contributed by atoms with E-state index in [0.717, 1.165) is 17.9 Å². The number of carbonyl (C=O) groups is 1. The van der Waals surface area contributed by atoms with Gasteiger partial charge in [-0.2, -0.15) is 11.8 Å². The van der Waals surface area contributed by atoms with Crippen LogP contribution in [0.1, 0.15) is 30.8 Å². The number of rotatable bonds is 6. The Morgan fingerprint density at radius 1 is 1.53 bits per heavy atom. The van der Waals surface area contributed by atoms with Gasteiger partial charge in [-0.05, 0) is 24.8 Å². The van der Waals surface area contributed by atoms with Crippen LogP contribution in [0.4, 0.5) is 5.69 Å². The van der Waals surface area contributed by atoms with Gasteiger partial charge in [-0.15, -0.1) is 0 Å². The molecule has 0 bridgehead atoms. The van der Waals surface area contributed by atoms with Crippen LogP contribution < -0.4 is 4.90 Å². The average molecular weight is 252 g/mol. The molecule has 3 nitrogen and oxygen atoms in total. The van der Waals surface area contributed by atoms with Crippen molar-refractivity contribution in [3.8, 4) is 0 Å². The van der Waals surface area contributed by atoms with Crippen molar-refractivity contribution in [3.63, 3.8) is 0 Å². The minimum Gasteiger partial charge on any atom is -0.370 e. The summed E-state index contributed by atoms with van der Waals surface area (Å²) in [5.41, 5.74) is 1.59. The fraction of sp³-hybridized carbons (Fsp3) is 0.538. The SMILES string of the molecule is CCC(CSC)N(C)c1ccc(C(C)=O)nc1. The number of ketones is 1. The summed E-state index contributed by atoms with van der Waals surface area (Å²) in [5.74, 6) is 1.11. The molecule has 1 rings (SSSR count). The molecule has 1 atom stereocenters. The van der Waals surface area contributed by atoms with Gasteiger partial charge in [-0.1, -0.05) is 6.92 Å². The van der Waals surface area contributed by atoms with Gasteiger partial charge in [0.25, 0.3) is 0 Å². The molecule has 1 unspecified atom stereocenters. The fourth-order valence-electron chi connectivity index (χ4n) is 1.71. The molecule has 0 amide bonds. The van der Waals surface area contributed by atoms with Crippen molar-refractivity contribution >= 4 is 23.2 Å². The van der Waals surface area contributed by atoms with Crippen LogP contribution in [0.15, 0.2) is 18.3 Å². The molecule has 0 saturated heterocycles. The largest absolute Gasteiger partial charge is 0.370 e. The Hall–Kier alpha value is -1.03. The van der Waals surface area contributed by atoms with Gasteiger partial charge in [-0.3, -0.25) is 9.78 Å². The van der Waals surface area contributed by atoms with Crippen LogP contribution >= 0.6 is 11.8 Å². The highest BCUT2D eigenvalue weighted by Crippen LogP contribution is 2.18. The lowest BCUT2D eigenvalue weighted by atomic mass is 10.2. The maximum Gasteiger partial charge on any atom is 0.178 e. The smallest absolute Gasteiger partial charge is 0.178 e. The molecule has 0 aromatic carbocycles. The van der Waals surface area contributed by atoms with Crippen molar-refractivity contribution in [1.29, 1.82) is 0 Å². The molecule has 1 aromatic heterocycles. The zero-order valence-corrected chi connectivity index (χ0v) is 11.8. The summed E-state index contributed by atoms with van der Waals surface area (Å²) in [5, 5.41) is 0. The fourth-order valence-corrected chi connectivity index (χ4v) is 2.55. The number of carbonyl (C=O) groups excluding carboxylic acids is 1. The summed E-state index contributed by atoms with van der Waals surface area (Å²) in [4.78, 5) is 17.5. The zero-order valence-electron chi connectivity index (χ0n) is 10.9. The van der Waals surface area contributed by atoms with E-state index in [1.54, 1.807) is 12.3 Å². The first kappa shape index (κ1) is 14.0. The van der Waals surface area contributed by atoms with Crippen molar-refractivity contribution in [2.75, 3.05) is 24.0 Å². The highest BCUT2D eigenvalue weighted by molar-refractivity contribution is 7.98. The first-order chi connectivity index (χ1) is 8.10. The molecular weight excluding hydrogens is 232 g/mol. The third kappa shape index (κ3) is 3.73. The Morgan fingerprint density at radius 3 is 2.65 bits per heavy atom. The molecule has 0 spiro atoms. The van der Waals surface area contributed by atoms with Gasteiger partial charge in [0.2, 0.25) is 0 Å². The summed E-state index contributed by atoms with van der Waals surface area (Å²) >= 11 is 1.85. The summed E-state index contributed by atoms with van der Waals surface area (Å²) in [6.45, 7) is 3.73. The Bertz CT molecular complexity index is 364. The lowest BCUT2D eigenvalue weighted by Gasteiger charge is -2.28. The van der Waals surface area contributed by atoms with Gasteiger partial charge < -0.3 is 4.90 Å². The summed E-state index contributed by atoms with van der Waals surface area (Å²) < 4.78 is 0. The first-order valence-corrected chi connectivity index (χ1v) is 7.18. The monoisotopic (exact) mass is 252 g/mol. The highest BCUT2D eigenvalue weighted by atomic mass is 32.2. The van der Waals surface area contributed by atoms with E-state index in [1.165, 1.54) is 6.92 Å². The third-order valence-electron chi connectivity index (χ3n) is 2.89. The maximum atomic E-state index is 11.1. The van der Waals surface area contributed by atoms with Crippen LogP contribution in [-0.4, -0.2) is 35.9 Å². The van der Waals surface area contributed by atoms with Gasteiger partial charge in [0.15, 0.2) is 5.78 Å². The van der Waals surface area contributed by atoms with Gasteiger partial charge in [0.1, 0.15) is 5.69 Å². The topological polar surface area (TPSA) is 33.2 Å². The van der Waals surface area contributed by atoms with E-state index in [9.17, 15) is 4.79 Å². The first-order valence-electron chi connectivity index (χ1n) is 5.78. The molecule has 0 fully saturated rings. The predicted octanol–water partition coefficient (Wildman–Crippen LogP) is 2.86.